The van der Waals surface area contributed by atoms with Crippen molar-refractivity contribution in [1.29, 1.82) is 0 Å². The van der Waals surface area contributed by atoms with Gasteiger partial charge in [0.05, 0.1) is 11.4 Å². The third-order valence-corrected chi connectivity index (χ3v) is 6.40. The van der Waals surface area contributed by atoms with Crippen LogP contribution in [0.25, 0.3) is 0 Å². The monoisotopic (exact) mass is 694 g/mol. The molecule has 2 N–H and O–H groups in total. The van der Waals surface area contributed by atoms with E-state index in [4.69, 9.17) is 17.0 Å². The van der Waals surface area contributed by atoms with Crippen LogP contribution in [0.1, 0.15) is 74.9 Å². The van der Waals surface area contributed by atoms with Crippen LogP contribution in [-0.2, 0) is 31.7 Å². The summed E-state index contributed by atoms with van der Waals surface area (Å²) < 4.78 is 0. The van der Waals surface area contributed by atoms with Crippen molar-refractivity contribution < 1.29 is 31.1 Å². The van der Waals surface area contributed by atoms with Crippen LogP contribution in [0.2, 0.25) is 0 Å². The summed E-state index contributed by atoms with van der Waals surface area (Å²) >= 11 is -0.826. The summed E-state index contributed by atoms with van der Waals surface area (Å²) in [7, 11) is 9.87. The van der Waals surface area contributed by atoms with Crippen LogP contribution in [0.3, 0.4) is 0 Å². The predicted molar refractivity (Wildman–Crippen MR) is 182 cm³/mol. The van der Waals surface area contributed by atoms with E-state index in [0.29, 0.717) is 11.5 Å². The molecule has 0 heterocycles. The standard InChI is InChI=1S/2C18H21NO.2ClH.Zr/c2*1-13-10-14(12-19-15-8-6-5-7-9-15)17(20)16(11-13)18(2,3)4;;;/h2*5-12,20H,1-4H3;2*1H;/q;;;;+2/p-2. The summed E-state index contributed by atoms with van der Waals surface area (Å²) in [5, 5.41) is 20.9. The number of aliphatic imine (C=N–C) groups is 2. The molecule has 0 saturated heterocycles. The van der Waals surface area contributed by atoms with E-state index in [1.807, 2.05) is 98.8 Å². The Kier molecular flexibility index (Phi) is 14.4. The Bertz CT molecular complexity index is 1390. The van der Waals surface area contributed by atoms with Gasteiger partial charge in [-0.3, -0.25) is 9.98 Å². The Balaban J connectivity index is 0.000000275. The minimum absolute atomic E-state index is 0.0918. The molecular formula is C36H42Cl2N2O2Zr. The zero-order valence-corrected chi connectivity index (χ0v) is 30.3. The van der Waals surface area contributed by atoms with Gasteiger partial charge in [-0.05, 0) is 72.2 Å². The maximum absolute atomic E-state index is 10.4. The quantitative estimate of drug-likeness (QED) is 0.209. The molecule has 226 valence electrons. The molecule has 4 rings (SSSR count). The molecule has 0 aromatic heterocycles. The van der Waals surface area contributed by atoms with Crippen molar-refractivity contribution >= 4 is 40.8 Å². The average Bonchev–Trinajstić information content (AvgIpc) is 2.94. The molecule has 0 radical (unpaired) electrons. The average molecular weight is 697 g/mol. The second-order valence-electron chi connectivity index (χ2n) is 12.3. The second kappa shape index (κ2) is 16.9. The SMILES string of the molecule is Cc1cc(C=Nc2ccccc2)c(O)c(C(C)(C)C)c1.Cc1cc(C=Nc2ccccc2)c(O)c(C(C)(C)C)c1.[Cl][Zr][Cl]. The molecule has 0 aliphatic carbocycles. The second-order valence-corrected chi connectivity index (χ2v) is 16.0. The normalized spacial score (nSPS) is 11.5. The van der Waals surface area contributed by atoms with Crippen LogP contribution < -0.4 is 0 Å². The first-order valence-corrected chi connectivity index (χ1v) is 20.3. The number of phenols is 2. The van der Waals surface area contributed by atoms with Crippen molar-refractivity contribution in [2.45, 2.75) is 66.2 Å². The van der Waals surface area contributed by atoms with Gasteiger partial charge < -0.3 is 10.2 Å². The molecule has 43 heavy (non-hydrogen) atoms. The number of hydrogen-bond acceptors (Lipinski definition) is 4. The number of aryl methyl sites for hydroxylation is 2. The fourth-order valence-corrected chi connectivity index (χ4v) is 4.27. The Morgan fingerprint density at radius 3 is 1.16 bits per heavy atom. The summed E-state index contributed by atoms with van der Waals surface area (Å²) in [6, 6.07) is 27.4. The van der Waals surface area contributed by atoms with Gasteiger partial charge in [0, 0.05) is 34.7 Å². The maximum atomic E-state index is 10.4. The van der Waals surface area contributed by atoms with E-state index in [9.17, 15) is 10.2 Å². The molecule has 7 heteroatoms. The molecule has 0 bridgehead atoms. The van der Waals surface area contributed by atoms with Gasteiger partial charge >= 0.3 is 37.9 Å². The number of nitrogens with zero attached hydrogens (tertiary/aromatic N) is 2. The molecule has 4 aromatic carbocycles. The predicted octanol–water partition coefficient (Wildman–Crippen LogP) is 10.9. The Morgan fingerprint density at radius 1 is 0.581 bits per heavy atom. The van der Waals surface area contributed by atoms with E-state index >= 15 is 0 Å². The molecule has 0 fully saturated rings. The van der Waals surface area contributed by atoms with Crippen molar-refractivity contribution in [3.63, 3.8) is 0 Å². The summed E-state index contributed by atoms with van der Waals surface area (Å²) in [4.78, 5) is 8.83. The van der Waals surface area contributed by atoms with Gasteiger partial charge in [-0.15, -0.1) is 0 Å². The summed E-state index contributed by atoms with van der Waals surface area (Å²) in [5.41, 5.74) is 7.26. The summed E-state index contributed by atoms with van der Waals surface area (Å²) in [6.45, 7) is 16.7. The van der Waals surface area contributed by atoms with E-state index in [-0.39, 0.29) is 10.8 Å². The molecule has 0 amide bonds. The number of halogens is 2. The van der Waals surface area contributed by atoms with Crippen LogP contribution in [0.4, 0.5) is 11.4 Å². The van der Waals surface area contributed by atoms with Crippen LogP contribution in [0, 0.1) is 13.8 Å². The third kappa shape index (κ3) is 12.1. The molecule has 0 aliphatic heterocycles. The number of aromatic hydroxyl groups is 2. The van der Waals surface area contributed by atoms with Crippen LogP contribution in [0.15, 0.2) is 94.9 Å². The molecule has 4 aromatic rings. The zero-order chi connectivity index (χ0) is 32.2. The number of rotatable bonds is 4. The number of para-hydroxylation sites is 2. The van der Waals surface area contributed by atoms with Gasteiger partial charge in [0.15, 0.2) is 0 Å². The molecular weight excluding hydrogens is 655 g/mol. The number of hydrogen-bond donors (Lipinski definition) is 2. The van der Waals surface area contributed by atoms with Gasteiger partial charge in [0.25, 0.3) is 0 Å². The first-order valence-electron chi connectivity index (χ1n) is 14.0. The summed E-state index contributed by atoms with van der Waals surface area (Å²) in [5.74, 6) is 0.644. The van der Waals surface area contributed by atoms with Gasteiger partial charge in [-0.2, -0.15) is 0 Å². The molecule has 0 unspecified atom stereocenters. The topological polar surface area (TPSA) is 65.2 Å². The number of phenolic OH excluding ortho intramolecular Hbond substituents is 2. The van der Waals surface area contributed by atoms with Crippen molar-refractivity contribution in [2.75, 3.05) is 0 Å². The molecule has 0 spiro atoms. The van der Waals surface area contributed by atoms with Crippen LogP contribution in [0.5, 0.6) is 11.5 Å². The molecule has 4 nitrogen and oxygen atoms in total. The van der Waals surface area contributed by atoms with E-state index < -0.39 is 20.8 Å². The Morgan fingerprint density at radius 2 is 0.884 bits per heavy atom. The van der Waals surface area contributed by atoms with Gasteiger partial charge in [-0.25, -0.2) is 0 Å². The van der Waals surface area contributed by atoms with Crippen molar-refractivity contribution in [2.24, 2.45) is 9.98 Å². The minimum atomic E-state index is -0.826. The molecule has 0 aliphatic rings. The Labute approximate surface area is 276 Å². The third-order valence-electron chi connectivity index (χ3n) is 6.40. The number of benzene rings is 4. The van der Waals surface area contributed by atoms with Gasteiger partial charge in [0.2, 0.25) is 0 Å². The fraction of sp³-hybridized carbons (Fsp3) is 0.278. The van der Waals surface area contributed by atoms with Gasteiger partial charge in [0.1, 0.15) is 11.5 Å². The van der Waals surface area contributed by atoms with E-state index in [1.165, 1.54) is 0 Å². The first kappa shape index (κ1) is 36.5. The first-order chi connectivity index (χ1) is 20.2. The van der Waals surface area contributed by atoms with Crippen molar-refractivity contribution in [3.8, 4) is 11.5 Å². The van der Waals surface area contributed by atoms with E-state index in [1.54, 1.807) is 12.4 Å². The molecule has 0 atom stereocenters. The van der Waals surface area contributed by atoms with E-state index in [0.717, 1.165) is 44.8 Å². The van der Waals surface area contributed by atoms with E-state index in [2.05, 4.69) is 51.5 Å². The fourth-order valence-electron chi connectivity index (χ4n) is 4.27. The van der Waals surface area contributed by atoms with Gasteiger partial charge in [-0.1, -0.05) is 90.1 Å². The molecule has 0 saturated carbocycles. The van der Waals surface area contributed by atoms with Crippen molar-refractivity contribution in [3.05, 3.63) is 118 Å². The Hall–Kier alpha value is -2.72. The van der Waals surface area contributed by atoms with Crippen LogP contribution in [-0.4, -0.2) is 22.6 Å². The van der Waals surface area contributed by atoms with Crippen molar-refractivity contribution in [1.82, 2.24) is 0 Å². The van der Waals surface area contributed by atoms with Crippen LogP contribution >= 0.6 is 17.0 Å². The summed E-state index contributed by atoms with van der Waals surface area (Å²) in [6.07, 6.45) is 3.46. The zero-order valence-electron chi connectivity index (χ0n) is 26.3.